The molecule has 2 rings (SSSR count). The van der Waals surface area contributed by atoms with Crippen LogP contribution in [0.3, 0.4) is 0 Å². The first kappa shape index (κ1) is 17.9. The number of aromatic amines is 1. The number of hydrogen-bond acceptors (Lipinski definition) is 8. The summed E-state index contributed by atoms with van der Waals surface area (Å²) in [4.78, 5) is 51.0. The van der Waals surface area contributed by atoms with Crippen molar-refractivity contribution >= 4 is 35.1 Å². The highest BCUT2D eigenvalue weighted by Crippen LogP contribution is 2.13. The van der Waals surface area contributed by atoms with Gasteiger partial charge in [0, 0.05) is 23.8 Å². The van der Waals surface area contributed by atoms with Crippen molar-refractivity contribution < 1.29 is 14.5 Å². The number of nitrogens with two attached hydrogens (primary N) is 1. The van der Waals surface area contributed by atoms with Gasteiger partial charge in [-0.05, 0) is 6.07 Å². The van der Waals surface area contributed by atoms with Gasteiger partial charge in [-0.25, -0.2) is 4.98 Å². The molecule has 0 unspecified atom stereocenters. The van der Waals surface area contributed by atoms with Crippen molar-refractivity contribution in [2.75, 3.05) is 11.5 Å². The molecule has 0 atom stereocenters. The van der Waals surface area contributed by atoms with E-state index in [2.05, 4.69) is 20.8 Å². The minimum atomic E-state index is -0.711. The van der Waals surface area contributed by atoms with Gasteiger partial charge < -0.3 is 10.7 Å². The average Bonchev–Trinajstić information content (AvgIpc) is 2.57. The molecule has 1 aromatic carbocycles. The third-order valence-electron chi connectivity index (χ3n) is 2.71. The summed E-state index contributed by atoms with van der Waals surface area (Å²) >= 11 is 0.911. The van der Waals surface area contributed by atoms with Crippen LogP contribution < -0.4 is 22.1 Å². The van der Waals surface area contributed by atoms with Crippen LogP contribution in [0.2, 0.25) is 0 Å². The summed E-state index contributed by atoms with van der Waals surface area (Å²) in [6.45, 7) is 0. The minimum Gasteiger partial charge on any atom is -0.383 e. The van der Waals surface area contributed by atoms with Gasteiger partial charge in [0.2, 0.25) is 5.91 Å². The fourth-order valence-electron chi connectivity index (χ4n) is 1.65. The number of nitro benzene ring substituents is 1. The third-order valence-corrected chi connectivity index (χ3v) is 3.59. The van der Waals surface area contributed by atoms with Gasteiger partial charge in [0.05, 0.1) is 10.7 Å². The molecule has 0 aliphatic rings. The van der Waals surface area contributed by atoms with E-state index in [4.69, 9.17) is 5.73 Å². The van der Waals surface area contributed by atoms with Gasteiger partial charge in [0.25, 0.3) is 17.2 Å². The zero-order chi connectivity index (χ0) is 18.4. The van der Waals surface area contributed by atoms with E-state index in [1.54, 1.807) is 0 Å². The molecule has 11 nitrogen and oxygen atoms in total. The van der Waals surface area contributed by atoms with Crippen molar-refractivity contribution in [2.24, 2.45) is 0 Å². The molecule has 2 aromatic rings. The lowest BCUT2D eigenvalue weighted by atomic mass is 10.2. The van der Waals surface area contributed by atoms with E-state index in [1.807, 2.05) is 0 Å². The predicted molar refractivity (Wildman–Crippen MR) is 88.7 cm³/mol. The quantitative estimate of drug-likeness (QED) is 0.244. The summed E-state index contributed by atoms with van der Waals surface area (Å²) in [6, 6.07) is 6.14. The van der Waals surface area contributed by atoms with Crippen molar-refractivity contribution in [1.82, 2.24) is 20.8 Å². The zero-order valence-corrected chi connectivity index (χ0v) is 13.3. The molecule has 0 spiro atoms. The largest absolute Gasteiger partial charge is 0.383 e. The van der Waals surface area contributed by atoms with Crippen LogP contribution in [0.4, 0.5) is 11.5 Å². The molecule has 0 bridgehead atoms. The Hall–Kier alpha value is -3.41. The number of benzene rings is 1. The second kappa shape index (κ2) is 7.92. The number of hydrazine groups is 1. The molecule has 0 aliphatic carbocycles. The Balaban J connectivity index is 1.87. The highest BCUT2D eigenvalue weighted by Gasteiger charge is 2.12. The standard InChI is InChI=1S/C13H12N6O5S/c14-9-5-10(20)16-13(15-9)25-6-11(21)17-18-12(22)7-2-1-3-8(4-7)19(23)24/h1-5H,6H2,(H,17,21)(H,18,22)(H3,14,15,16,20). The van der Waals surface area contributed by atoms with Gasteiger partial charge >= 0.3 is 0 Å². The summed E-state index contributed by atoms with van der Waals surface area (Å²) in [5, 5.41) is 10.8. The number of anilines is 1. The summed E-state index contributed by atoms with van der Waals surface area (Å²) in [5.41, 5.74) is 9.02. The van der Waals surface area contributed by atoms with E-state index in [9.17, 15) is 24.5 Å². The van der Waals surface area contributed by atoms with Crippen LogP contribution in [-0.2, 0) is 4.79 Å². The molecule has 130 valence electrons. The summed E-state index contributed by atoms with van der Waals surface area (Å²) in [5.74, 6) is -1.42. The van der Waals surface area contributed by atoms with Crippen LogP contribution in [0.5, 0.6) is 0 Å². The van der Waals surface area contributed by atoms with Gasteiger partial charge in [0.15, 0.2) is 5.16 Å². The molecule has 2 amide bonds. The fraction of sp³-hybridized carbons (Fsp3) is 0.0769. The van der Waals surface area contributed by atoms with Crippen molar-refractivity contribution in [3.05, 3.63) is 56.4 Å². The number of nitrogen functional groups attached to an aromatic ring is 1. The van der Waals surface area contributed by atoms with Crippen molar-refractivity contribution in [2.45, 2.75) is 5.16 Å². The number of thioether (sulfide) groups is 1. The van der Waals surface area contributed by atoms with E-state index < -0.39 is 22.3 Å². The normalized spacial score (nSPS) is 10.1. The average molecular weight is 364 g/mol. The smallest absolute Gasteiger partial charge is 0.270 e. The topological polar surface area (TPSA) is 173 Å². The molecule has 1 aromatic heterocycles. The molecule has 25 heavy (non-hydrogen) atoms. The molecule has 0 radical (unpaired) electrons. The maximum absolute atomic E-state index is 11.9. The predicted octanol–water partition coefficient (Wildman–Crippen LogP) is -0.186. The minimum absolute atomic E-state index is 0.0176. The highest BCUT2D eigenvalue weighted by atomic mass is 32.2. The summed E-state index contributed by atoms with van der Waals surface area (Å²) in [6.07, 6.45) is 0. The number of nitrogens with zero attached hydrogens (tertiary/aromatic N) is 2. The molecular weight excluding hydrogens is 352 g/mol. The Morgan fingerprint density at radius 3 is 2.76 bits per heavy atom. The Morgan fingerprint density at radius 1 is 1.32 bits per heavy atom. The molecule has 0 saturated carbocycles. The molecule has 5 N–H and O–H groups in total. The maximum atomic E-state index is 11.9. The van der Waals surface area contributed by atoms with E-state index in [-0.39, 0.29) is 28.0 Å². The number of rotatable bonds is 5. The molecule has 1 heterocycles. The Kier molecular flexibility index (Phi) is 5.68. The van der Waals surface area contributed by atoms with Gasteiger partial charge in [-0.2, -0.15) is 0 Å². The number of non-ortho nitro benzene ring substituents is 1. The van der Waals surface area contributed by atoms with Crippen LogP contribution in [-0.4, -0.2) is 32.5 Å². The SMILES string of the molecule is Nc1cc(=O)[nH]c(SCC(=O)NNC(=O)c2cccc([N+](=O)[O-])c2)n1. The summed E-state index contributed by atoms with van der Waals surface area (Å²) < 4.78 is 0. The lowest BCUT2D eigenvalue weighted by molar-refractivity contribution is -0.384. The molecule has 0 fully saturated rings. The van der Waals surface area contributed by atoms with Crippen LogP contribution >= 0.6 is 11.8 Å². The van der Waals surface area contributed by atoms with E-state index in [0.717, 1.165) is 23.9 Å². The van der Waals surface area contributed by atoms with Gasteiger partial charge in [-0.15, -0.1) is 0 Å². The number of nitrogens with one attached hydrogen (secondary N) is 3. The second-order valence-electron chi connectivity index (χ2n) is 4.57. The number of H-pyrrole nitrogens is 1. The van der Waals surface area contributed by atoms with Crippen molar-refractivity contribution in [3.8, 4) is 0 Å². The number of hydrogen-bond donors (Lipinski definition) is 4. The second-order valence-corrected chi connectivity index (χ2v) is 5.54. The third kappa shape index (κ3) is 5.31. The Labute approximate surface area is 144 Å². The van der Waals surface area contributed by atoms with Crippen LogP contribution in [0.25, 0.3) is 0 Å². The van der Waals surface area contributed by atoms with E-state index >= 15 is 0 Å². The molecule has 0 saturated heterocycles. The van der Waals surface area contributed by atoms with Crippen molar-refractivity contribution in [1.29, 1.82) is 0 Å². The molecule has 0 aliphatic heterocycles. The van der Waals surface area contributed by atoms with E-state index in [0.29, 0.717) is 0 Å². The maximum Gasteiger partial charge on any atom is 0.270 e. The van der Waals surface area contributed by atoms with Gasteiger partial charge in [0.1, 0.15) is 5.82 Å². The van der Waals surface area contributed by atoms with Crippen LogP contribution in [0.1, 0.15) is 10.4 Å². The molecular formula is C13H12N6O5S. The number of carbonyl (C=O) groups excluding carboxylic acids is 2. The molecule has 12 heteroatoms. The number of amides is 2. The number of aromatic nitrogens is 2. The van der Waals surface area contributed by atoms with Crippen LogP contribution in [0, 0.1) is 10.1 Å². The lowest BCUT2D eigenvalue weighted by Crippen LogP contribution is -2.42. The number of nitro groups is 1. The first-order chi connectivity index (χ1) is 11.8. The monoisotopic (exact) mass is 364 g/mol. The fourth-order valence-corrected chi connectivity index (χ4v) is 2.33. The van der Waals surface area contributed by atoms with Gasteiger partial charge in [-0.1, -0.05) is 17.8 Å². The first-order valence-corrected chi connectivity index (χ1v) is 7.67. The summed E-state index contributed by atoms with van der Waals surface area (Å²) in [7, 11) is 0. The Morgan fingerprint density at radius 2 is 2.08 bits per heavy atom. The highest BCUT2D eigenvalue weighted by molar-refractivity contribution is 7.99. The van der Waals surface area contributed by atoms with Gasteiger partial charge in [-0.3, -0.25) is 35.3 Å². The van der Waals surface area contributed by atoms with Crippen molar-refractivity contribution in [3.63, 3.8) is 0 Å². The lowest BCUT2D eigenvalue weighted by Gasteiger charge is -2.07. The first-order valence-electron chi connectivity index (χ1n) is 6.68. The van der Waals surface area contributed by atoms with E-state index in [1.165, 1.54) is 18.2 Å². The Bertz CT molecular complexity index is 883. The van der Waals surface area contributed by atoms with Crippen LogP contribution in [0.15, 0.2) is 40.3 Å². The number of carbonyl (C=O) groups is 2. The zero-order valence-electron chi connectivity index (χ0n) is 12.5.